The SMILES string of the molecule is Cn1c(SCc2nnc3n(C)c(=O)c4ccccc4n23)nc2ccccc21. The molecule has 0 saturated carbocycles. The number of aryl methyl sites for hydroxylation is 2. The predicted octanol–water partition coefficient (Wildman–Crippen LogP) is 2.76. The van der Waals surface area contributed by atoms with Crippen LogP contribution in [0, 0.1) is 0 Å². The molecule has 3 heterocycles. The maximum absolute atomic E-state index is 12.5. The minimum absolute atomic E-state index is 0.0694. The second-order valence-corrected chi connectivity index (χ2v) is 7.31. The number of aromatic nitrogens is 6. The van der Waals surface area contributed by atoms with Crippen molar-refractivity contribution in [3.8, 4) is 0 Å². The molecule has 0 aliphatic rings. The van der Waals surface area contributed by atoms with Crippen LogP contribution < -0.4 is 5.56 Å². The minimum Gasteiger partial charge on any atom is -0.322 e. The molecule has 5 aromatic rings. The third-order valence-corrected chi connectivity index (χ3v) is 5.80. The number of fused-ring (bicyclic) bond motifs is 4. The zero-order valence-electron chi connectivity index (χ0n) is 14.8. The Bertz CT molecular complexity index is 1380. The first kappa shape index (κ1) is 16.1. The monoisotopic (exact) mass is 376 g/mol. The highest BCUT2D eigenvalue weighted by atomic mass is 32.2. The molecule has 0 N–H and O–H groups in total. The summed E-state index contributed by atoms with van der Waals surface area (Å²) in [5.41, 5.74) is 2.82. The Balaban J connectivity index is 1.61. The Labute approximate surface area is 158 Å². The molecule has 0 unspecified atom stereocenters. The number of benzene rings is 2. The van der Waals surface area contributed by atoms with Crippen LogP contribution >= 0.6 is 11.8 Å². The molecule has 2 aromatic carbocycles. The van der Waals surface area contributed by atoms with Crippen LogP contribution in [0.5, 0.6) is 0 Å². The van der Waals surface area contributed by atoms with Gasteiger partial charge in [0.25, 0.3) is 5.56 Å². The quantitative estimate of drug-likeness (QED) is 0.453. The summed E-state index contributed by atoms with van der Waals surface area (Å²) >= 11 is 1.61. The second-order valence-electron chi connectivity index (χ2n) is 6.36. The van der Waals surface area contributed by atoms with Crippen LogP contribution in [0.25, 0.3) is 27.7 Å². The van der Waals surface area contributed by atoms with Gasteiger partial charge in [0, 0.05) is 14.1 Å². The zero-order valence-corrected chi connectivity index (χ0v) is 15.6. The lowest BCUT2D eigenvalue weighted by molar-refractivity contribution is 0.813. The number of hydrogen-bond acceptors (Lipinski definition) is 5. The van der Waals surface area contributed by atoms with Crippen molar-refractivity contribution in [3.63, 3.8) is 0 Å². The number of nitrogens with zero attached hydrogens (tertiary/aromatic N) is 6. The molecule has 7 nitrogen and oxygen atoms in total. The summed E-state index contributed by atoms with van der Waals surface area (Å²) in [6, 6.07) is 15.6. The van der Waals surface area contributed by atoms with Gasteiger partial charge in [-0.1, -0.05) is 36.0 Å². The van der Waals surface area contributed by atoms with Crippen molar-refractivity contribution in [2.75, 3.05) is 0 Å². The Morgan fingerprint density at radius 2 is 1.67 bits per heavy atom. The first-order valence-electron chi connectivity index (χ1n) is 8.51. The van der Waals surface area contributed by atoms with Crippen molar-refractivity contribution in [2.24, 2.45) is 14.1 Å². The summed E-state index contributed by atoms with van der Waals surface area (Å²) in [4.78, 5) is 17.2. The molecule has 3 aromatic heterocycles. The third kappa shape index (κ3) is 2.37. The van der Waals surface area contributed by atoms with Gasteiger partial charge in [0.05, 0.1) is 27.7 Å². The Kier molecular flexibility index (Phi) is 3.54. The minimum atomic E-state index is -0.0694. The van der Waals surface area contributed by atoms with E-state index in [2.05, 4.69) is 20.8 Å². The fourth-order valence-electron chi connectivity index (χ4n) is 3.37. The molecule has 0 amide bonds. The first-order valence-corrected chi connectivity index (χ1v) is 9.49. The largest absolute Gasteiger partial charge is 0.322 e. The average molecular weight is 376 g/mol. The summed E-state index contributed by atoms with van der Waals surface area (Å²) in [5.74, 6) is 1.92. The van der Waals surface area contributed by atoms with Crippen LogP contribution in [0.1, 0.15) is 5.82 Å². The molecule has 0 radical (unpaired) electrons. The van der Waals surface area contributed by atoms with E-state index in [0.29, 0.717) is 16.9 Å². The van der Waals surface area contributed by atoms with Crippen LogP contribution in [-0.2, 0) is 19.8 Å². The van der Waals surface area contributed by atoms with E-state index in [1.807, 2.05) is 53.9 Å². The summed E-state index contributed by atoms with van der Waals surface area (Å²) in [6.07, 6.45) is 0. The highest BCUT2D eigenvalue weighted by Crippen LogP contribution is 2.26. The fraction of sp³-hybridized carbons (Fsp3) is 0.158. The van der Waals surface area contributed by atoms with Gasteiger partial charge < -0.3 is 4.57 Å². The fourth-order valence-corrected chi connectivity index (χ4v) is 4.27. The van der Waals surface area contributed by atoms with E-state index < -0.39 is 0 Å². The van der Waals surface area contributed by atoms with Crippen LogP contribution in [0.4, 0.5) is 0 Å². The molecule has 5 rings (SSSR count). The van der Waals surface area contributed by atoms with E-state index in [1.165, 1.54) is 0 Å². The van der Waals surface area contributed by atoms with E-state index in [-0.39, 0.29) is 5.56 Å². The van der Waals surface area contributed by atoms with Gasteiger partial charge in [0.15, 0.2) is 5.16 Å². The van der Waals surface area contributed by atoms with E-state index in [0.717, 1.165) is 27.5 Å². The normalized spacial score (nSPS) is 11.8. The number of thioether (sulfide) groups is 1. The van der Waals surface area contributed by atoms with Gasteiger partial charge >= 0.3 is 0 Å². The van der Waals surface area contributed by atoms with Gasteiger partial charge in [0.1, 0.15) is 5.82 Å². The van der Waals surface area contributed by atoms with Gasteiger partial charge in [-0.25, -0.2) is 4.98 Å². The van der Waals surface area contributed by atoms with Gasteiger partial charge in [-0.15, -0.1) is 10.2 Å². The van der Waals surface area contributed by atoms with Crippen LogP contribution in [-0.4, -0.2) is 28.7 Å². The third-order valence-electron chi connectivity index (χ3n) is 4.77. The lowest BCUT2D eigenvalue weighted by Crippen LogP contribution is -2.20. The number of rotatable bonds is 3. The molecule has 0 atom stereocenters. The summed E-state index contributed by atoms with van der Waals surface area (Å²) in [5, 5.41) is 10.2. The first-order chi connectivity index (χ1) is 13.1. The highest BCUT2D eigenvalue weighted by Gasteiger charge is 2.16. The van der Waals surface area contributed by atoms with Gasteiger partial charge in [-0.2, -0.15) is 0 Å². The van der Waals surface area contributed by atoms with Crippen molar-refractivity contribution in [1.29, 1.82) is 0 Å². The molecule has 0 saturated heterocycles. The highest BCUT2D eigenvalue weighted by molar-refractivity contribution is 7.98. The second kappa shape index (κ2) is 5.95. The van der Waals surface area contributed by atoms with Gasteiger partial charge in [-0.3, -0.25) is 13.8 Å². The number of para-hydroxylation sites is 3. The van der Waals surface area contributed by atoms with Crippen molar-refractivity contribution < 1.29 is 0 Å². The van der Waals surface area contributed by atoms with Crippen molar-refractivity contribution in [1.82, 2.24) is 28.7 Å². The Morgan fingerprint density at radius 1 is 0.926 bits per heavy atom. The maximum atomic E-state index is 12.5. The summed E-state index contributed by atoms with van der Waals surface area (Å²) in [7, 11) is 3.74. The molecule has 0 bridgehead atoms. The van der Waals surface area contributed by atoms with E-state index >= 15 is 0 Å². The lowest BCUT2D eigenvalue weighted by Gasteiger charge is -2.07. The van der Waals surface area contributed by atoms with E-state index in [4.69, 9.17) is 4.98 Å². The van der Waals surface area contributed by atoms with Crippen LogP contribution in [0.3, 0.4) is 0 Å². The van der Waals surface area contributed by atoms with E-state index in [9.17, 15) is 4.79 Å². The molecule has 0 aliphatic heterocycles. The molecule has 0 fully saturated rings. The molecule has 134 valence electrons. The zero-order chi connectivity index (χ0) is 18.5. The van der Waals surface area contributed by atoms with Crippen molar-refractivity contribution >= 4 is 39.5 Å². The smallest absolute Gasteiger partial charge is 0.262 e. The number of hydrogen-bond donors (Lipinski definition) is 0. The lowest BCUT2D eigenvalue weighted by atomic mass is 10.2. The Hall–Kier alpha value is -3.13. The molecule has 0 aliphatic carbocycles. The summed E-state index contributed by atoms with van der Waals surface area (Å²) in [6.45, 7) is 0. The average Bonchev–Trinajstić information content (AvgIpc) is 3.26. The van der Waals surface area contributed by atoms with Crippen molar-refractivity contribution in [3.05, 3.63) is 64.7 Å². The standard InChI is InChI=1S/C19H16N6OS/c1-23-15-10-6-4-8-13(15)20-19(23)27-11-16-21-22-18-24(2)17(26)12-7-3-5-9-14(12)25(16)18/h3-10H,11H2,1-2H3. The van der Waals surface area contributed by atoms with Gasteiger partial charge in [-0.05, 0) is 24.3 Å². The van der Waals surface area contributed by atoms with E-state index in [1.54, 1.807) is 23.4 Å². The predicted molar refractivity (Wildman–Crippen MR) is 106 cm³/mol. The number of imidazole rings is 1. The maximum Gasteiger partial charge on any atom is 0.262 e. The molecular weight excluding hydrogens is 360 g/mol. The van der Waals surface area contributed by atoms with Crippen LogP contribution in [0.2, 0.25) is 0 Å². The topological polar surface area (TPSA) is 70.0 Å². The van der Waals surface area contributed by atoms with Crippen molar-refractivity contribution in [2.45, 2.75) is 10.9 Å². The Morgan fingerprint density at radius 3 is 2.48 bits per heavy atom. The molecular formula is C19H16N6OS. The molecule has 0 spiro atoms. The van der Waals surface area contributed by atoms with Crippen LogP contribution in [0.15, 0.2) is 58.5 Å². The molecule has 8 heteroatoms. The van der Waals surface area contributed by atoms with Gasteiger partial charge in [0.2, 0.25) is 5.78 Å². The molecule has 27 heavy (non-hydrogen) atoms. The summed E-state index contributed by atoms with van der Waals surface area (Å²) < 4.78 is 5.57.